The molecule has 0 radical (unpaired) electrons. The number of nitrogens with zero attached hydrogens (tertiary/aromatic N) is 2. The van der Waals surface area contributed by atoms with Crippen molar-refractivity contribution in [2.45, 2.75) is 39.2 Å². The van der Waals surface area contributed by atoms with E-state index in [1.807, 2.05) is 92.7 Å². The third kappa shape index (κ3) is 11.7. The average molecular weight is 891 g/mol. The zero-order valence-electron chi connectivity index (χ0n) is 37.0. The van der Waals surface area contributed by atoms with Gasteiger partial charge in [0.1, 0.15) is 16.8 Å². The molecule has 0 aliphatic heterocycles. The predicted octanol–water partition coefficient (Wildman–Crippen LogP) is 16.8. The van der Waals surface area contributed by atoms with Crippen LogP contribution in [0.25, 0.3) is 20.9 Å². The van der Waals surface area contributed by atoms with Gasteiger partial charge in [-0.3, -0.25) is 0 Å². The highest BCUT2D eigenvalue weighted by Gasteiger charge is 2.37. The van der Waals surface area contributed by atoms with Crippen LogP contribution in [0.3, 0.4) is 0 Å². The highest BCUT2D eigenvalue weighted by Crippen LogP contribution is 2.53. The molecule has 0 fully saturated rings. The summed E-state index contributed by atoms with van der Waals surface area (Å²) in [6.07, 6.45) is 21.9. The molecule has 1 atom stereocenters. The van der Waals surface area contributed by atoms with Gasteiger partial charge in [-0.1, -0.05) is 146 Å². The molecule has 0 spiro atoms. The summed E-state index contributed by atoms with van der Waals surface area (Å²) in [6.45, 7) is 10.5. The van der Waals surface area contributed by atoms with E-state index in [0.717, 1.165) is 68.6 Å². The number of hydrogen-bond donors (Lipinski definition) is 0. The van der Waals surface area contributed by atoms with E-state index in [2.05, 4.69) is 163 Å². The van der Waals surface area contributed by atoms with Crippen molar-refractivity contribution in [3.05, 3.63) is 249 Å². The largest absolute Gasteiger partial charge is 0.464 e. The van der Waals surface area contributed by atoms with Crippen molar-refractivity contribution in [2.75, 3.05) is 9.80 Å². The second kappa shape index (κ2) is 23.0. The number of rotatable bonds is 13. The zero-order valence-corrected chi connectivity index (χ0v) is 38.7. The highest BCUT2D eigenvalue weighted by atomic mass is 32.1. The van der Waals surface area contributed by atoms with Gasteiger partial charge in [0.2, 0.25) is 0 Å². The van der Waals surface area contributed by atoms with Crippen LogP contribution in [0.5, 0.6) is 11.5 Å². The van der Waals surface area contributed by atoms with Gasteiger partial charge in [0.15, 0.2) is 0 Å². The molecule has 5 nitrogen and oxygen atoms in total. The van der Waals surface area contributed by atoms with E-state index in [4.69, 9.17) is 9.05 Å². The van der Waals surface area contributed by atoms with Crippen LogP contribution in [-0.4, -0.2) is 6.04 Å². The van der Waals surface area contributed by atoms with E-state index in [0.29, 0.717) is 16.8 Å². The van der Waals surface area contributed by atoms with Crippen LogP contribution in [0.1, 0.15) is 33.1 Å². The Bertz CT molecular complexity index is 2710. The standard InChI is InChI=1S/C52H43N2O3PS.2C3H6/c55-58(56-48-27-15-5-16-28-48,57-49-29-17-6-18-30-49)50-39-51(40-31-35-46(36-32-40)53(42-19-7-1-8-20-42)43-21-9-2-10-22-43)59-52(50)41-33-37-47(38-34-41)54(44-23-11-3-12-24-44)45-25-13-4-14-26-45;2*1-3-2/h1-3,5-13,15-21,23-39,43H,4,14,22H2;2*3H,1H2,2H3. The second-order valence-corrected chi connectivity index (χ2v) is 18.0. The summed E-state index contributed by atoms with van der Waals surface area (Å²) >= 11 is 1.59. The molecule has 9 rings (SSSR count). The third-order valence-electron chi connectivity index (χ3n) is 10.3. The van der Waals surface area contributed by atoms with Gasteiger partial charge >= 0.3 is 7.60 Å². The van der Waals surface area contributed by atoms with Crippen molar-refractivity contribution >= 4 is 47.0 Å². The molecule has 2 aliphatic carbocycles. The van der Waals surface area contributed by atoms with Crippen LogP contribution >= 0.6 is 18.9 Å². The quantitative estimate of drug-likeness (QED) is 0.0852. The summed E-state index contributed by atoms with van der Waals surface area (Å²) in [5.41, 5.74) is 7.39. The molecule has 0 bridgehead atoms. The maximum Gasteiger partial charge on any atom is 0.464 e. The van der Waals surface area contributed by atoms with Crippen LogP contribution in [0.4, 0.5) is 22.7 Å². The lowest BCUT2D eigenvalue weighted by Gasteiger charge is -2.32. The molecule has 1 aromatic heterocycles. The molecular formula is C58H55N2O3PS. The Balaban J connectivity index is 0.000000997. The van der Waals surface area contributed by atoms with Gasteiger partial charge in [-0.2, -0.15) is 0 Å². The third-order valence-corrected chi connectivity index (χ3v) is 13.6. The fourth-order valence-electron chi connectivity index (χ4n) is 7.51. The van der Waals surface area contributed by atoms with Crippen molar-refractivity contribution in [1.29, 1.82) is 0 Å². The van der Waals surface area contributed by atoms with Crippen LogP contribution in [0, 0.1) is 0 Å². The summed E-state index contributed by atoms with van der Waals surface area (Å²) in [5.74, 6) is 0.926. The minimum atomic E-state index is -4.04. The SMILES string of the molecule is C=CC.C=CC.O=P(Oc1ccccc1)(Oc1ccccc1)c1cc(-c2ccc(N(c3ccccc3)C3C=CC=CC3)cc2)sc1-c1ccc(N(C2=CCCC=C2)c2ccccc2)cc1. The fourth-order valence-corrected chi connectivity index (χ4v) is 10.8. The van der Waals surface area contributed by atoms with E-state index in [1.54, 1.807) is 23.5 Å². The lowest BCUT2D eigenvalue weighted by Crippen LogP contribution is -2.29. The molecule has 1 heterocycles. The van der Waals surface area contributed by atoms with Gasteiger partial charge in [-0.15, -0.1) is 24.5 Å². The highest BCUT2D eigenvalue weighted by molar-refractivity contribution is 7.64. The molecule has 0 saturated heterocycles. The lowest BCUT2D eigenvalue weighted by molar-refractivity contribution is 0.399. The van der Waals surface area contributed by atoms with Crippen LogP contribution < -0.4 is 24.2 Å². The Morgan fingerprint density at radius 2 is 1.09 bits per heavy atom. The smallest absolute Gasteiger partial charge is 0.413 e. The second-order valence-electron chi connectivity index (χ2n) is 15.1. The minimum Gasteiger partial charge on any atom is -0.413 e. The van der Waals surface area contributed by atoms with Crippen molar-refractivity contribution < 1.29 is 13.6 Å². The topological polar surface area (TPSA) is 42.0 Å². The Labute approximate surface area is 389 Å². The molecule has 7 heteroatoms. The summed E-state index contributed by atoms with van der Waals surface area (Å²) in [5, 5.41) is 0.505. The summed E-state index contributed by atoms with van der Waals surface area (Å²) in [6, 6.07) is 58.8. The van der Waals surface area contributed by atoms with E-state index < -0.39 is 7.60 Å². The number of hydrogen-bond acceptors (Lipinski definition) is 6. The van der Waals surface area contributed by atoms with Crippen molar-refractivity contribution in [1.82, 2.24) is 0 Å². The number of allylic oxidation sites excluding steroid dienone is 7. The molecule has 0 saturated carbocycles. The first-order chi connectivity index (χ1) is 31.9. The van der Waals surface area contributed by atoms with Crippen LogP contribution in [-0.2, 0) is 4.57 Å². The Kier molecular flexibility index (Phi) is 16.2. The molecule has 7 aromatic rings. The van der Waals surface area contributed by atoms with Gasteiger partial charge in [-0.25, -0.2) is 4.57 Å². The average Bonchev–Trinajstić information content (AvgIpc) is 3.82. The van der Waals surface area contributed by atoms with Crippen molar-refractivity contribution in [3.63, 3.8) is 0 Å². The van der Waals surface area contributed by atoms with Gasteiger partial charge in [0.25, 0.3) is 0 Å². The van der Waals surface area contributed by atoms with Crippen LogP contribution in [0.2, 0.25) is 0 Å². The first kappa shape index (κ1) is 45.9. The lowest BCUT2D eigenvalue weighted by atomic mass is 10.0. The van der Waals surface area contributed by atoms with E-state index in [9.17, 15) is 0 Å². The van der Waals surface area contributed by atoms with Crippen LogP contribution in [0.15, 0.2) is 249 Å². The number of benzene rings is 6. The van der Waals surface area contributed by atoms with E-state index in [-0.39, 0.29) is 6.04 Å². The predicted molar refractivity (Wildman–Crippen MR) is 279 cm³/mol. The minimum absolute atomic E-state index is 0.190. The summed E-state index contributed by atoms with van der Waals surface area (Å²) in [4.78, 5) is 6.43. The molecule has 0 amide bonds. The molecule has 326 valence electrons. The van der Waals surface area contributed by atoms with Gasteiger partial charge < -0.3 is 18.8 Å². The Morgan fingerprint density at radius 3 is 1.62 bits per heavy atom. The fraction of sp³-hybridized carbons (Fsp3) is 0.103. The van der Waals surface area contributed by atoms with Crippen molar-refractivity contribution in [3.8, 4) is 32.4 Å². The molecule has 1 unspecified atom stereocenters. The number of anilines is 4. The maximum atomic E-state index is 15.6. The van der Waals surface area contributed by atoms with E-state index in [1.165, 1.54) is 0 Å². The molecule has 65 heavy (non-hydrogen) atoms. The first-order valence-electron chi connectivity index (χ1n) is 21.9. The summed E-state index contributed by atoms with van der Waals surface area (Å²) < 4.78 is 28.5. The first-order valence-corrected chi connectivity index (χ1v) is 24.3. The molecule has 0 N–H and O–H groups in total. The molecular weight excluding hydrogens is 836 g/mol. The monoisotopic (exact) mass is 890 g/mol. The van der Waals surface area contributed by atoms with Crippen molar-refractivity contribution in [2.24, 2.45) is 0 Å². The normalized spacial score (nSPS) is 13.8. The Morgan fingerprint density at radius 1 is 0.600 bits per heavy atom. The number of thiophene rings is 1. The Hall–Kier alpha value is -7.11. The zero-order chi connectivity index (χ0) is 45.3. The molecule has 2 aliphatic rings. The van der Waals surface area contributed by atoms with Gasteiger partial charge in [0.05, 0.1) is 10.9 Å². The maximum absolute atomic E-state index is 15.6. The number of para-hydroxylation sites is 4. The van der Waals surface area contributed by atoms with Gasteiger partial charge in [0, 0.05) is 33.3 Å². The molecule has 6 aromatic carbocycles. The summed E-state index contributed by atoms with van der Waals surface area (Å²) in [7, 11) is -4.04. The van der Waals surface area contributed by atoms with E-state index >= 15 is 4.57 Å². The van der Waals surface area contributed by atoms with Gasteiger partial charge in [-0.05, 0) is 129 Å².